The molecule has 0 radical (unpaired) electrons. The van der Waals surface area contributed by atoms with Crippen molar-refractivity contribution in [2.24, 2.45) is 0 Å². The van der Waals surface area contributed by atoms with Crippen LogP contribution in [0, 0.1) is 0 Å². The van der Waals surface area contributed by atoms with Gasteiger partial charge in [0.25, 0.3) is 0 Å². The maximum absolute atomic E-state index is 9.39. The summed E-state index contributed by atoms with van der Waals surface area (Å²) in [4.78, 5) is 1.31. The second kappa shape index (κ2) is 11.4. The van der Waals surface area contributed by atoms with Gasteiger partial charge in [0.15, 0.2) is 0 Å². The fourth-order valence-electron chi connectivity index (χ4n) is 9.61. The standard InChI is InChI=1S/C53H34N2/c1-4-18-35(19-5-1)38-24-12-15-32-46(38)55-47-33-17-31-45-51(47)52-49(55)34-48(54(36-20-6-2-7-21-36)37-22-8-3-9-23-37)41-27-16-30-44(50(41)52)53(45)42-28-13-10-25-39(42)40-26-11-14-29-43(40)53/h1-34H/i2D,3D,6D,7D,8D,9D,20D,21D,22D,23D. The van der Waals surface area contributed by atoms with Crippen molar-refractivity contribution >= 4 is 49.6 Å². The lowest BCUT2D eigenvalue weighted by molar-refractivity contribution is 0.783. The van der Waals surface area contributed by atoms with Gasteiger partial charge in [-0.25, -0.2) is 0 Å². The fourth-order valence-corrected chi connectivity index (χ4v) is 9.61. The fraction of sp³-hybridized carbons (Fsp3) is 0.0189. The highest BCUT2D eigenvalue weighted by atomic mass is 15.1. The molecular formula is C53H34N2. The monoisotopic (exact) mass is 708 g/mol. The van der Waals surface area contributed by atoms with Crippen LogP contribution in [0.5, 0.6) is 0 Å². The minimum absolute atomic E-state index is 0.269. The van der Waals surface area contributed by atoms with Crippen molar-refractivity contribution in [3.8, 4) is 27.9 Å². The number of hydrogen-bond acceptors (Lipinski definition) is 1. The number of benzene rings is 9. The minimum Gasteiger partial charge on any atom is -0.310 e. The van der Waals surface area contributed by atoms with Crippen LogP contribution < -0.4 is 4.90 Å². The average Bonchev–Trinajstić information content (AvgIpc) is 3.83. The van der Waals surface area contributed by atoms with Crippen LogP contribution in [0.4, 0.5) is 17.1 Å². The molecule has 0 bridgehead atoms. The Hall–Kier alpha value is -7.16. The van der Waals surface area contributed by atoms with Crippen molar-refractivity contribution in [2.45, 2.75) is 5.41 Å². The van der Waals surface area contributed by atoms with E-state index in [1.165, 1.54) is 4.90 Å². The highest BCUT2D eigenvalue weighted by molar-refractivity contribution is 6.29. The van der Waals surface area contributed by atoms with Gasteiger partial charge >= 0.3 is 0 Å². The maximum atomic E-state index is 9.39. The van der Waals surface area contributed by atoms with Gasteiger partial charge in [-0.3, -0.25) is 0 Å². The molecule has 2 aliphatic carbocycles. The van der Waals surface area contributed by atoms with Crippen LogP contribution in [0.2, 0.25) is 0 Å². The van der Waals surface area contributed by atoms with Crippen LogP contribution in [0.3, 0.4) is 0 Å². The highest BCUT2D eigenvalue weighted by Crippen LogP contribution is 2.63. The molecule has 0 amide bonds. The number of hydrogen-bond donors (Lipinski definition) is 0. The van der Waals surface area contributed by atoms with Crippen molar-refractivity contribution in [1.29, 1.82) is 0 Å². The highest BCUT2D eigenvalue weighted by Gasteiger charge is 2.50. The Morgan fingerprint density at radius 1 is 0.436 bits per heavy atom. The summed E-state index contributed by atoms with van der Waals surface area (Å²) in [5.41, 5.74) is 9.57. The molecule has 256 valence electrons. The number of aromatic nitrogens is 1. The van der Waals surface area contributed by atoms with E-state index >= 15 is 0 Å². The zero-order valence-electron chi connectivity index (χ0n) is 39.3. The Balaban J connectivity index is 1.35. The lowest BCUT2D eigenvalue weighted by Crippen LogP contribution is -2.30. The number of fused-ring (bicyclic) bond motifs is 7. The Kier molecular flexibility index (Phi) is 4.60. The third kappa shape index (κ3) is 3.98. The molecule has 10 aromatic rings. The first-order valence-electron chi connectivity index (χ1n) is 23.3. The first-order chi connectivity index (χ1) is 31.5. The Morgan fingerprint density at radius 2 is 0.982 bits per heavy atom. The molecule has 55 heavy (non-hydrogen) atoms. The summed E-state index contributed by atoms with van der Waals surface area (Å²) in [5.74, 6) is 0. The van der Waals surface area contributed by atoms with Gasteiger partial charge in [-0.2, -0.15) is 0 Å². The summed E-state index contributed by atoms with van der Waals surface area (Å²) >= 11 is 0. The van der Waals surface area contributed by atoms with E-state index in [1.54, 1.807) is 0 Å². The van der Waals surface area contributed by atoms with E-state index in [1.807, 2.05) is 48.5 Å². The summed E-state index contributed by atoms with van der Waals surface area (Å²) in [6, 6.07) is 43.4. The van der Waals surface area contributed by atoms with Gasteiger partial charge in [-0.1, -0.05) is 164 Å². The topological polar surface area (TPSA) is 8.17 Å². The van der Waals surface area contributed by atoms with Crippen LogP contribution in [-0.2, 0) is 5.41 Å². The number of anilines is 3. The zero-order chi connectivity index (χ0) is 44.8. The SMILES string of the molecule is [2H]c1c([2H])c([2H])c(N(c2c([2H])c([2H])c([2H])c([2H])c2[2H])c2cc3c4c5c(cccc25)C2(c5ccccc5-c5ccccc52)c2cccc(c24)n3-c2ccccc2-c2ccccc2)c([2H])c1[2H]. The van der Waals surface area contributed by atoms with E-state index in [4.69, 9.17) is 8.22 Å². The van der Waals surface area contributed by atoms with Gasteiger partial charge in [0.05, 0.1) is 41.5 Å². The van der Waals surface area contributed by atoms with Crippen LogP contribution in [0.1, 0.15) is 36.0 Å². The third-order valence-electron chi connectivity index (χ3n) is 11.5. The van der Waals surface area contributed by atoms with Crippen LogP contribution >= 0.6 is 0 Å². The normalized spacial score (nSPS) is 15.8. The average molecular weight is 709 g/mol. The minimum atomic E-state index is -0.853. The van der Waals surface area contributed by atoms with Crippen molar-refractivity contribution < 1.29 is 13.7 Å². The largest absolute Gasteiger partial charge is 0.310 e. The predicted molar refractivity (Wildman–Crippen MR) is 229 cm³/mol. The molecule has 2 heteroatoms. The summed E-state index contributed by atoms with van der Waals surface area (Å²) < 4.78 is 92.3. The second-order valence-corrected chi connectivity index (χ2v) is 14.1. The van der Waals surface area contributed by atoms with Gasteiger partial charge < -0.3 is 9.47 Å². The molecule has 0 atom stereocenters. The molecule has 1 spiro atoms. The van der Waals surface area contributed by atoms with Gasteiger partial charge in [-0.15, -0.1) is 0 Å². The molecule has 0 N–H and O–H groups in total. The summed E-state index contributed by atoms with van der Waals surface area (Å²) in [5, 5.41) is 3.38. The van der Waals surface area contributed by atoms with Crippen molar-refractivity contribution in [3.05, 3.63) is 228 Å². The molecule has 1 aromatic heterocycles. The van der Waals surface area contributed by atoms with E-state index in [9.17, 15) is 5.48 Å². The van der Waals surface area contributed by atoms with Crippen LogP contribution in [0.15, 0.2) is 206 Å². The quantitative estimate of drug-likeness (QED) is 0.173. The van der Waals surface area contributed by atoms with Crippen molar-refractivity contribution in [2.75, 3.05) is 4.90 Å². The number of rotatable bonds is 5. The van der Waals surface area contributed by atoms with E-state index < -0.39 is 65.8 Å². The summed E-state index contributed by atoms with van der Waals surface area (Å²) in [7, 11) is 0. The molecule has 0 saturated carbocycles. The van der Waals surface area contributed by atoms with E-state index in [0.717, 1.165) is 71.9 Å². The van der Waals surface area contributed by atoms with Crippen LogP contribution in [0.25, 0.3) is 60.5 Å². The Morgan fingerprint density at radius 3 is 1.65 bits per heavy atom. The third-order valence-corrected chi connectivity index (χ3v) is 11.5. The Labute approximate surface area is 333 Å². The lowest BCUT2D eigenvalue weighted by Gasteiger charge is -2.38. The van der Waals surface area contributed by atoms with Gasteiger partial charge in [0.1, 0.15) is 0 Å². The second-order valence-electron chi connectivity index (χ2n) is 14.1. The van der Waals surface area contributed by atoms with Gasteiger partial charge in [0, 0.05) is 33.1 Å². The molecule has 2 aliphatic rings. The smallest absolute Gasteiger partial charge is 0.0726 e. The molecule has 0 unspecified atom stereocenters. The molecule has 0 fully saturated rings. The predicted octanol–water partition coefficient (Wildman–Crippen LogP) is 13.8. The molecule has 12 rings (SSSR count). The van der Waals surface area contributed by atoms with Crippen LogP contribution in [-0.4, -0.2) is 4.57 Å². The number of nitrogens with zero attached hydrogens (tertiary/aromatic N) is 2. The molecule has 0 saturated heterocycles. The Bertz CT molecular complexity index is 3570. The number of para-hydroxylation sites is 3. The van der Waals surface area contributed by atoms with Crippen molar-refractivity contribution in [3.63, 3.8) is 0 Å². The molecule has 0 aliphatic heterocycles. The van der Waals surface area contributed by atoms with E-state index in [2.05, 4.69) is 102 Å². The molecule has 9 aromatic carbocycles. The summed E-state index contributed by atoms with van der Waals surface area (Å²) in [6.45, 7) is 0. The van der Waals surface area contributed by atoms with E-state index in [0.29, 0.717) is 10.9 Å². The molecule has 2 nitrogen and oxygen atoms in total. The van der Waals surface area contributed by atoms with Crippen molar-refractivity contribution in [1.82, 2.24) is 4.57 Å². The zero-order valence-corrected chi connectivity index (χ0v) is 29.3. The molecular weight excluding hydrogens is 665 g/mol. The maximum Gasteiger partial charge on any atom is 0.0726 e. The first kappa shape index (κ1) is 22.1. The van der Waals surface area contributed by atoms with Gasteiger partial charge in [0.2, 0.25) is 0 Å². The van der Waals surface area contributed by atoms with Gasteiger partial charge in [-0.05, 0) is 86.7 Å². The van der Waals surface area contributed by atoms with E-state index in [-0.39, 0.29) is 17.1 Å². The first-order valence-corrected chi connectivity index (χ1v) is 18.3. The summed E-state index contributed by atoms with van der Waals surface area (Å²) in [6.07, 6.45) is 0. The lowest BCUT2D eigenvalue weighted by atomic mass is 9.63. The molecule has 1 heterocycles.